The summed E-state index contributed by atoms with van der Waals surface area (Å²) < 4.78 is 2.29. The molecule has 3 aromatic rings. The number of hydrogen-bond donors (Lipinski definition) is 0. The van der Waals surface area contributed by atoms with Crippen molar-refractivity contribution in [2.75, 3.05) is 13.1 Å². The van der Waals surface area contributed by atoms with Crippen molar-refractivity contribution in [3.63, 3.8) is 0 Å². The zero-order chi connectivity index (χ0) is 18.5. The van der Waals surface area contributed by atoms with Crippen molar-refractivity contribution in [3.05, 3.63) is 69.9 Å². The molecule has 3 heterocycles. The Labute approximate surface area is 162 Å². The fourth-order valence-electron chi connectivity index (χ4n) is 4.51. The van der Waals surface area contributed by atoms with Gasteiger partial charge in [-0.25, -0.2) is 0 Å². The number of halogens is 1. The van der Waals surface area contributed by atoms with Crippen LogP contribution in [0.4, 0.5) is 0 Å². The number of nitrogens with zero attached hydrogens (tertiary/aromatic N) is 2. The summed E-state index contributed by atoms with van der Waals surface area (Å²) in [7, 11) is 0. The summed E-state index contributed by atoms with van der Waals surface area (Å²) in [4.78, 5) is 27.2. The number of ketones is 1. The molecule has 0 bridgehead atoms. The van der Waals surface area contributed by atoms with Gasteiger partial charge in [-0.05, 0) is 36.2 Å². The van der Waals surface area contributed by atoms with Crippen LogP contribution in [0.15, 0.2) is 42.5 Å². The zero-order valence-corrected chi connectivity index (χ0v) is 15.6. The smallest absolute Gasteiger partial charge is 0.253 e. The lowest BCUT2D eigenvalue weighted by Gasteiger charge is -2.22. The van der Waals surface area contributed by atoms with Crippen molar-refractivity contribution in [3.8, 4) is 0 Å². The second kappa shape index (κ2) is 6.24. The van der Waals surface area contributed by atoms with Crippen LogP contribution in [0.1, 0.15) is 38.4 Å². The molecular weight excluding hydrogens is 360 g/mol. The Bertz CT molecular complexity index is 1080. The zero-order valence-electron chi connectivity index (χ0n) is 14.9. The number of benzene rings is 2. The number of Topliss-reactive ketones (excluding diaryl/α,β-unsaturated/α-hetero) is 1. The first-order valence-electron chi connectivity index (χ1n) is 9.34. The number of carbonyl (C=O) groups is 2. The van der Waals surface area contributed by atoms with E-state index in [1.54, 1.807) is 6.07 Å². The molecule has 0 unspecified atom stereocenters. The van der Waals surface area contributed by atoms with Gasteiger partial charge in [-0.15, -0.1) is 0 Å². The van der Waals surface area contributed by atoms with Crippen molar-refractivity contribution in [2.24, 2.45) is 0 Å². The molecule has 2 aliphatic heterocycles. The summed E-state index contributed by atoms with van der Waals surface area (Å²) in [6, 6.07) is 13.2. The highest BCUT2D eigenvalue weighted by Gasteiger charge is 2.29. The monoisotopic (exact) mass is 378 g/mol. The maximum absolute atomic E-state index is 12.9. The lowest BCUT2D eigenvalue weighted by molar-refractivity contribution is 0.0762. The van der Waals surface area contributed by atoms with Gasteiger partial charge in [0.25, 0.3) is 5.91 Å². The third-order valence-corrected chi connectivity index (χ3v) is 5.98. The molecule has 2 aromatic carbocycles. The van der Waals surface area contributed by atoms with Crippen molar-refractivity contribution in [1.82, 2.24) is 9.47 Å². The molecule has 0 spiro atoms. The van der Waals surface area contributed by atoms with Crippen LogP contribution in [0.25, 0.3) is 10.9 Å². The van der Waals surface area contributed by atoms with Crippen LogP contribution >= 0.6 is 11.6 Å². The van der Waals surface area contributed by atoms with E-state index in [1.165, 1.54) is 11.3 Å². The van der Waals surface area contributed by atoms with E-state index in [4.69, 9.17) is 11.6 Å². The topological polar surface area (TPSA) is 42.3 Å². The number of amides is 1. The van der Waals surface area contributed by atoms with Crippen LogP contribution in [0.5, 0.6) is 0 Å². The number of aromatic nitrogens is 1. The van der Waals surface area contributed by atoms with Crippen LogP contribution in [-0.2, 0) is 19.4 Å². The summed E-state index contributed by atoms with van der Waals surface area (Å²) in [5, 5.41) is 1.68. The minimum Gasteiger partial charge on any atom is -0.343 e. The van der Waals surface area contributed by atoms with Gasteiger partial charge in [0.1, 0.15) is 0 Å². The van der Waals surface area contributed by atoms with E-state index >= 15 is 0 Å². The first-order chi connectivity index (χ1) is 13.1. The summed E-state index contributed by atoms with van der Waals surface area (Å²) in [5.74, 6) is 0.251. The quantitative estimate of drug-likeness (QED) is 0.639. The second-order valence-electron chi connectivity index (χ2n) is 7.26. The first kappa shape index (κ1) is 16.6. The Morgan fingerprint density at radius 1 is 0.963 bits per heavy atom. The highest BCUT2D eigenvalue weighted by molar-refractivity contribution is 6.32. The maximum Gasteiger partial charge on any atom is 0.253 e. The van der Waals surface area contributed by atoms with Crippen molar-refractivity contribution in [2.45, 2.75) is 25.8 Å². The van der Waals surface area contributed by atoms with Gasteiger partial charge in [-0.3, -0.25) is 9.59 Å². The number of hydrogen-bond acceptors (Lipinski definition) is 2. The van der Waals surface area contributed by atoms with Gasteiger partial charge in [0.2, 0.25) is 0 Å². The number of carbonyl (C=O) groups excluding carboxylic acids is 2. The van der Waals surface area contributed by atoms with E-state index in [1.807, 2.05) is 41.3 Å². The van der Waals surface area contributed by atoms with Crippen LogP contribution in [0, 0.1) is 0 Å². The Hall–Kier alpha value is -2.59. The van der Waals surface area contributed by atoms with Gasteiger partial charge in [-0.2, -0.15) is 0 Å². The highest BCUT2D eigenvalue weighted by Crippen LogP contribution is 2.36. The van der Waals surface area contributed by atoms with Crippen LogP contribution in [0.3, 0.4) is 0 Å². The lowest BCUT2D eigenvalue weighted by Crippen LogP contribution is -2.33. The normalized spacial score (nSPS) is 16.3. The van der Waals surface area contributed by atoms with Crippen molar-refractivity contribution < 1.29 is 9.59 Å². The first-order valence-corrected chi connectivity index (χ1v) is 9.72. The molecule has 0 N–H and O–H groups in total. The van der Waals surface area contributed by atoms with Gasteiger partial charge < -0.3 is 9.47 Å². The standard InChI is InChI=1S/C22H19ClN2O2/c23-15-12-17-16-6-9-24(22(27)14-4-2-1-3-5-14)10-7-19(16)25-11-8-20(26)18(13-15)21(17)25/h1-5,12-13H,6-11H2. The highest BCUT2D eigenvalue weighted by atomic mass is 35.5. The Balaban J connectivity index is 1.55. The molecule has 136 valence electrons. The molecule has 0 saturated heterocycles. The molecule has 27 heavy (non-hydrogen) atoms. The van der Waals surface area contributed by atoms with Gasteiger partial charge in [-0.1, -0.05) is 29.8 Å². The molecule has 0 radical (unpaired) electrons. The van der Waals surface area contributed by atoms with E-state index in [0.717, 1.165) is 34.9 Å². The fourth-order valence-corrected chi connectivity index (χ4v) is 4.73. The van der Waals surface area contributed by atoms with E-state index in [0.29, 0.717) is 31.1 Å². The molecule has 1 aromatic heterocycles. The molecule has 1 amide bonds. The fraction of sp³-hybridized carbons (Fsp3) is 0.273. The predicted molar refractivity (Wildman–Crippen MR) is 106 cm³/mol. The van der Waals surface area contributed by atoms with E-state index in [9.17, 15) is 9.59 Å². The number of fused-ring (bicyclic) bond motifs is 3. The SMILES string of the molecule is O=C1CCn2c3c(c4cc(Cl)cc1c42)CCN(C(=O)c1ccccc1)CC3. The van der Waals surface area contributed by atoms with Crippen LogP contribution in [0.2, 0.25) is 5.02 Å². The summed E-state index contributed by atoms with van der Waals surface area (Å²) >= 11 is 6.32. The molecule has 5 rings (SSSR count). The minimum atomic E-state index is 0.0811. The molecule has 4 nitrogen and oxygen atoms in total. The predicted octanol–water partition coefficient (Wildman–Crippen LogP) is 4.12. The molecule has 0 aliphatic carbocycles. The average Bonchev–Trinajstić information content (AvgIpc) is 2.84. The van der Waals surface area contributed by atoms with Gasteiger partial charge in [0.05, 0.1) is 5.52 Å². The molecule has 0 atom stereocenters. The lowest BCUT2D eigenvalue weighted by atomic mass is 10.0. The van der Waals surface area contributed by atoms with E-state index < -0.39 is 0 Å². The van der Waals surface area contributed by atoms with Gasteiger partial charge in [0.15, 0.2) is 5.78 Å². The van der Waals surface area contributed by atoms with Crippen LogP contribution < -0.4 is 0 Å². The largest absolute Gasteiger partial charge is 0.343 e. The third-order valence-electron chi connectivity index (χ3n) is 5.76. The van der Waals surface area contributed by atoms with Crippen molar-refractivity contribution in [1.29, 1.82) is 0 Å². The summed E-state index contributed by atoms with van der Waals surface area (Å²) in [6.45, 7) is 2.08. The van der Waals surface area contributed by atoms with Crippen molar-refractivity contribution >= 4 is 34.2 Å². The molecule has 0 fully saturated rings. The second-order valence-corrected chi connectivity index (χ2v) is 7.69. The Kier molecular flexibility index (Phi) is 3.83. The van der Waals surface area contributed by atoms with E-state index in [2.05, 4.69) is 4.57 Å². The number of rotatable bonds is 1. The van der Waals surface area contributed by atoms with E-state index in [-0.39, 0.29) is 11.7 Å². The van der Waals surface area contributed by atoms with Gasteiger partial charge >= 0.3 is 0 Å². The molecule has 5 heteroatoms. The molecule has 0 saturated carbocycles. The third kappa shape index (κ3) is 2.59. The maximum atomic E-state index is 12.9. The molecule has 2 aliphatic rings. The average molecular weight is 379 g/mol. The Morgan fingerprint density at radius 3 is 2.56 bits per heavy atom. The Morgan fingerprint density at radius 2 is 1.74 bits per heavy atom. The minimum absolute atomic E-state index is 0.0811. The summed E-state index contributed by atoms with van der Waals surface area (Å²) in [6.07, 6.45) is 2.09. The van der Waals surface area contributed by atoms with Crippen LogP contribution in [-0.4, -0.2) is 34.2 Å². The van der Waals surface area contributed by atoms with Gasteiger partial charge in [0, 0.05) is 59.7 Å². The number of aryl methyl sites for hydroxylation is 1. The molecular formula is C22H19ClN2O2. The summed E-state index contributed by atoms with van der Waals surface area (Å²) in [5.41, 5.74) is 5.00.